The largest absolute Gasteiger partial charge is 0.494 e. The number of likely N-dealkylation sites (tertiary alicyclic amines) is 1. The van der Waals surface area contributed by atoms with E-state index in [0.717, 1.165) is 57.3 Å². The van der Waals surface area contributed by atoms with Crippen molar-refractivity contribution in [3.05, 3.63) is 48.7 Å². The molecule has 0 aliphatic carbocycles. The smallest absolute Gasteiger partial charge is 0.254 e. The summed E-state index contributed by atoms with van der Waals surface area (Å²) in [5.41, 5.74) is 0.916. The Labute approximate surface area is 202 Å². The van der Waals surface area contributed by atoms with Gasteiger partial charge in [-0.15, -0.1) is 0 Å². The van der Waals surface area contributed by atoms with E-state index in [4.69, 9.17) is 9.47 Å². The number of aromatic nitrogens is 1. The van der Waals surface area contributed by atoms with Gasteiger partial charge in [-0.25, -0.2) is 4.98 Å². The second-order valence-corrected chi connectivity index (χ2v) is 9.85. The van der Waals surface area contributed by atoms with Gasteiger partial charge in [-0.3, -0.25) is 9.69 Å². The Balaban J connectivity index is 1.10. The highest BCUT2D eigenvalue weighted by Crippen LogP contribution is 2.34. The number of amides is 1. The zero-order valence-electron chi connectivity index (χ0n) is 20.2. The minimum absolute atomic E-state index is 0.0164. The van der Waals surface area contributed by atoms with E-state index in [-0.39, 0.29) is 18.1 Å². The summed E-state index contributed by atoms with van der Waals surface area (Å²) in [5.74, 6) is 1.63. The molecule has 0 radical (unpaired) electrons. The normalized spacial score (nSPS) is 23.0. The number of carbonyl (C=O) groups is 1. The molecular formula is C27H36N4O3. The summed E-state index contributed by atoms with van der Waals surface area (Å²) < 4.78 is 12.1. The first-order valence-corrected chi connectivity index (χ1v) is 12.7. The Morgan fingerprint density at radius 1 is 1.12 bits per heavy atom. The van der Waals surface area contributed by atoms with Crippen LogP contribution in [0.25, 0.3) is 0 Å². The van der Waals surface area contributed by atoms with Crippen LogP contribution in [0.15, 0.2) is 48.7 Å². The summed E-state index contributed by atoms with van der Waals surface area (Å²) in [5, 5.41) is 0. The predicted molar refractivity (Wildman–Crippen MR) is 134 cm³/mol. The maximum atomic E-state index is 12.5. The molecule has 1 atom stereocenters. The fourth-order valence-corrected chi connectivity index (χ4v) is 5.45. The van der Waals surface area contributed by atoms with E-state index >= 15 is 0 Å². The molecule has 34 heavy (non-hydrogen) atoms. The van der Waals surface area contributed by atoms with Gasteiger partial charge >= 0.3 is 0 Å². The van der Waals surface area contributed by atoms with Gasteiger partial charge in [0.05, 0.1) is 18.8 Å². The minimum Gasteiger partial charge on any atom is -0.494 e. The van der Waals surface area contributed by atoms with Crippen LogP contribution in [-0.4, -0.2) is 73.4 Å². The van der Waals surface area contributed by atoms with E-state index in [0.29, 0.717) is 12.4 Å². The molecule has 3 aliphatic rings. The van der Waals surface area contributed by atoms with Crippen molar-refractivity contribution in [1.82, 2.24) is 9.88 Å². The lowest BCUT2D eigenvalue weighted by Crippen LogP contribution is -2.59. The average molecular weight is 465 g/mol. The second kappa shape index (κ2) is 10.3. The topological polar surface area (TPSA) is 58.1 Å². The second-order valence-electron chi connectivity index (χ2n) is 9.85. The lowest BCUT2D eigenvalue weighted by molar-refractivity contribution is -0.141. The number of rotatable bonds is 7. The van der Waals surface area contributed by atoms with Crippen molar-refractivity contribution in [3.8, 4) is 5.75 Å². The van der Waals surface area contributed by atoms with Gasteiger partial charge in [-0.05, 0) is 82.0 Å². The molecule has 0 N–H and O–H groups in total. The molecule has 7 heteroatoms. The predicted octanol–water partition coefficient (Wildman–Crippen LogP) is 3.74. The Morgan fingerprint density at radius 3 is 2.65 bits per heavy atom. The van der Waals surface area contributed by atoms with Crippen LogP contribution in [0.3, 0.4) is 0 Å². The van der Waals surface area contributed by atoms with Crippen molar-refractivity contribution in [3.63, 3.8) is 0 Å². The SMILES string of the molecule is C[C@@H]1CCCN1CCCOc1ccc(N2CCC3(CC2)CN(c2ccccn2)C(=O)CO3)cc1. The van der Waals surface area contributed by atoms with Crippen molar-refractivity contribution in [1.29, 1.82) is 0 Å². The van der Waals surface area contributed by atoms with E-state index in [1.807, 2.05) is 18.2 Å². The highest BCUT2D eigenvalue weighted by molar-refractivity contribution is 5.94. The van der Waals surface area contributed by atoms with Gasteiger partial charge in [-0.2, -0.15) is 0 Å². The average Bonchev–Trinajstić information content (AvgIpc) is 3.29. The molecule has 0 saturated carbocycles. The molecule has 1 aromatic carbocycles. The fraction of sp³-hybridized carbons (Fsp3) is 0.556. The minimum atomic E-state index is -0.294. The number of piperidine rings is 1. The van der Waals surface area contributed by atoms with Crippen LogP contribution in [0.4, 0.5) is 11.5 Å². The molecule has 1 spiro atoms. The molecular weight excluding hydrogens is 428 g/mol. The fourth-order valence-electron chi connectivity index (χ4n) is 5.45. The molecule has 7 nitrogen and oxygen atoms in total. The van der Waals surface area contributed by atoms with Crippen molar-refractivity contribution >= 4 is 17.4 Å². The number of nitrogens with zero attached hydrogens (tertiary/aromatic N) is 4. The van der Waals surface area contributed by atoms with Crippen LogP contribution in [0.2, 0.25) is 0 Å². The molecule has 3 aliphatic heterocycles. The Kier molecular flexibility index (Phi) is 7.02. The summed E-state index contributed by atoms with van der Waals surface area (Å²) in [6.07, 6.45) is 7.22. The van der Waals surface area contributed by atoms with Crippen molar-refractivity contribution in [2.45, 2.75) is 50.7 Å². The molecule has 1 aromatic heterocycles. The van der Waals surface area contributed by atoms with E-state index in [9.17, 15) is 4.79 Å². The highest BCUT2D eigenvalue weighted by Gasteiger charge is 2.43. The monoisotopic (exact) mass is 464 g/mol. The highest BCUT2D eigenvalue weighted by atomic mass is 16.5. The van der Waals surface area contributed by atoms with Crippen LogP contribution in [0.1, 0.15) is 39.0 Å². The van der Waals surface area contributed by atoms with Gasteiger partial charge in [-0.1, -0.05) is 6.07 Å². The van der Waals surface area contributed by atoms with Crippen LogP contribution < -0.4 is 14.5 Å². The molecule has 0 bridgehead atoms. The molecule has 3 fully saturated rings. The first-order chi connectivity index (χ1) is 16.6. The Bertz CT molecular complexity index is 944. The molecule has 0 unspecified atom stereocenters. The first kappa shape index (κ1) is 23.1. The van der Waals surface area contributed by atoms with Gasteiger partial charge in [0.1, 0.15) is 18.2 Å². The number of ether oxygens (including phenoxy) is 2. The van der Waals surface area contributed by atoms with Gasteiger partial charge < -0.3 is 19.3 Å². The number of hydrogen-bond donors (Lipinski definition) is 0. The number of hydrogen-bond acceptors (Lipinski definition) is 6. The van der Waals surface area contributed by atoms with Crippen LogP contribution in [-0.2, 0) is 9.53 Å². The standard InChI is InChI=1S/C27H36N4O3/c1-22-6-4-15-29(22)16-5-19-33-24-10-8-23(9-11-24)30-17-12-27(13-18-30)21-31(26(32)20-34-27)25-7-2-3-14-28-25/h2-3,7-11,14,22H,4-6,12-13,15-21H2,1H3/t22-/m1/s1. The third-order valence-electron chi connectivity index (χ3n) is 7.60. The number of carbonyl (C=O) groups excluding carboxylic acids is 1. The summed E-state index contributed by atoms with van der Waals surface area (Å²) >= 11 is 0. The quantitative estimate of drug-likeness (QED) is 0.582. The van der Waals surface area contributed by atoms with Crippen molar-refractivity contribution in [2.24, 2.45) is 0 Å². The first-order valence-electron chi connectivity index (χ1n) is 12.7. The molecule has 4 heterocycles. The van der Waals surface area contributed by atoms with Crippen LogP contribution in [0, 0.1) is 0 Å². The molecule has 5 rings (SSSR count). The van der Waals surface area contributed by atoms with E-state index in [1.54, 1.807) is 11.1 Å². The number of morpholine rings is 1. The molecule has 3 saturated heterocycles. The molecule has 182 valence electrons. The van der Waals surface area contributed by atoms with Gasteiger partial charge in [0.15, 0.2) is 0 Å². The lowest BCUT2D eigenvalue weighted by Gasteiger charge is -2.47. The summed E-state index contributed by atoms with van der Waals surface area (Å²) in [6, 6.07) is 14.9. The zero-order valence-corrected chi connectivity index (χ0v) is 20.2. The number of benzene rings is 1. The maximum Gasteiger partial charge on any atom is 0.254 e. The van der Waals surface area contributed by atoms with Crippen LogP contribution in [0.5, 0.6) is 5.75 Å². The van der Waals surface area contributed by atoms with Gasteiger partial charge in [0.2, 0.25) is 0 Å². The third-order valence-corrected chi connectivity index (χ3v) is 7.60. The van der Waals surface area contributed by atoms with Crippen molar-refractivity contribution < 1.29 is 14.3 Å². The third kappa shape index (κ3) is 5.20. The lowest BCUT2D eigenvalue weighted by atomic mass is 9.89. The van der Waals surface area contributed by atoms with Crippen molar-refractivity contribution in [2.75, 3.05) is 55.7 Å². The summed E-state index contributed by atoms with van der Waals surface area (Å²) in [4.78, 5) is 23.6. The van der Waals surface area contributed by atoms with Crippen LogP contribution >= 0.6 is 0 Å². The summed E-state index contributed by atoms with van der Waals surface area (Å²) in [6.45, 7) is 7.94. The van der Waals surface area contributed by atoms with Gasteiger partial charge in [0.25, 0.3) is 5.91 Å². The number of pyridine rings is 1. The zero-order chi connectivity index (χ0) is 23.4. The Morgan fingerprint density at radius 2 is 1.94 bits per heavy atom. The maximum absolute atomic E-state index is 12.5. The number of anilines is 2. The molecule has 2 aromatic rings. The van der Waals surface area contributed by atoms with Gasteiger partial charge in [0, 0.05) is 37.6 Å². The van der Waals surface area contributed by atoms with E-state index in [1.165, 1.54) is 25.1 Å². The summed E-state index contributed by atoms with van der Waals surface area (Å²) in [7, 11) is 0. The molecule has 1 amide bonds. The Hall–Kier alpha value is -2.64. The van der Waals surface area contributed by atoms with E-state index in [2.05, 4.69) is 46.0 Å². The van der Waals surface area contributed by atoms with E-state index < -0.39 is 0 Å².